The van der Waals surface area contributed by atoms with Crippen LogP contribution in [-0.2, 0) is 4.79 Å². The van der Waals surface area contributed by atoms with E-state index in [1.165, 1.54) is 0 Å². The average Bonchev–Trinajstić information content (AvgIpc) is 2.65. The molecule has 0 aliphatic carbocycles. The first-order valence-electron chi connectivity index (χ1n) is 9.02. The summed E-state index contributed by atoms with van der Waals surface area (Å²) in [6, 6.07) is 7.21. The van der Waals surface area contributed by atoms with E-state index in [-0.39, 0.29) is 11.8 Å². The Morgan fingerprint density at radius 2 is 1.92 bits per heavy atom. The number of rotatable bonds is 7. The summed E-state index contributed by atoms with van der Waals surface area (Å²) in [5.74, 6) is 0.799. The van der Waals surface area contributed by atoms with Crippen molar-refractivity contribution < 1.29 is 14.3 Å². The van der Waals surface area contributed by atoms with E-state index in [4.69, 9.17) is 4.74 Å². The van der Waals surface area contributed by atoms with Gasteiger partial charge >= 0.3 is 0 Å². The summed E-state index contributed by atoms with van der Waals surface area (Å²) in [6.07, 6.45) is 0. The van der Waals surface area contributed by atoms with E-state index in [0.717, 1.165) is 5.57 Å². The first-order valence-corrected chi connectivity index (χ1v) is 9.02. The van der Waals surface area contributed by atoms with Gasteiger partial charge in [-0.2, -0.15) is 0 Å². The molecule has 0 unspecified atom stereocenters. The number of carbonyl (C=O) groups is 2. The van der Waals surface area contributed by atoms with E-state index in [9.17, 15) is 9.59 Å². The molecule has 142 valence electrons. The van der Waals surface area contributed by atoms with Gasteiger partial charge in [0, 0.05) is 44.8 Å². The third-order valence-corrected chi connectivity index (χ3v) is 4.53. The van der Waals surface area contributed by atoms with Crippen molar-refractivity contribution in [2.24, 2.45) is 0 Å². The SMILES string of the molecule is C=C(C)CN(CC)C(=O)CN1CCN(C(=O)c2cccc(OC)c2)CC1. The third kappa shape index (κ3) is 5.33. The number of ether oxygens (including phenoxy) is 1. The van der Waals surface area contributed by atoms with Crippen LogP contribution < -0.4 is 4.74 Å². The van der Waals surface area contributed by atoms with Crippen LogP contribution in [0.25, 0.3) is 0 Å². The van der Waals surface area contributed by atoms with Crippen molar-refractivity contribution in [2.45, 2.75) is 13.8 Å². The lowest BCUT2D eigenvalue weighted by Gasteiger charge is -2.35. The molecule has 0 bridgehead atoms. The minimum absolute atomic E-state index is 0.00680. The molecule has 0 spiro atoms. The zero-order chi connectivity index (χ0) is 19.1. The monoisotopic (exact) mass is 359 g/mol. The maximum absolute atomic E-state index is 12.6. The van der Waals surface area contributed by atoms with Gasteiger partial charge in [-0.05, 0) is 32.0 Å². The number of benzene rings is 1. The van der Waals surface area contributed by atoms with Gasteiger partial charge in [-0.25, -0.2) is 0 Å². The Kier molecular flexibility index (Phi) is 7.21. The van der Waals surface area contributed by atoms with Gasteiger partial charge < -0.3 is 14.5 Å². The van der Waals surface area contributed by atoms with Crippen molar-refractivity contribution >= 4 is 11.8 Å². The van der Waals surface area contributed by atoms with Crippen molar-refractivity contribution in [3.05, 3.63) is 42.0 Å². The summed E-state index contributed by atoms with van der Waals surface area (Å²) in [7, 11) is 1.59. The smallest absolute Gasteiger partial charge is 0.254 e. The number of nitrogens with zero attached hydrogens (tertiary/aromatic N) is 3. The predicted molar refractivity (Wildman–Crippen MR) is 102 cm³/mol. The van der Waals surface area contributed by atoms with E-state index in [2.05, 4.69) is 11.5 Å². The number of piperazine rings is 1. The highest BCUT2D eigenvalue weighted by Crippen LogP contribution is 2.15. The molecule has 1 aromatic carbocycles. The zero-order valence-electron chi connectivity index (χ0n) is 16.0. The molecule has 0 aromatic heterocycles. The van der Waals surface area contributed by atoms with Crippen molar-refractivity contribution in [1.29, 1.82) is 0 Å². The summed E-state index contributed by atoms with van der Waals surface area (Å²) in [6.45, 7) is 12.1. The van der Waals surface area contributed by atoms with Gasteiger partial charge in [0.15, 0.2) is 0 Å². The molecule has 1 heterocycles. The number of hydrogen-bond donors (Lipinski definition) is 0. The van der Waals surface area contributed by atoms with Crippen LogP contribution in [0.2, 0.25) is 0 Å². The van der Waals surface area contributed by atoms with Crippen molar-refractivity contribution in [2.75, 3.05) is 52.9 Å². The highest BCUT2D eigenvalue weighted by molar-refractivity contribution is 5.94. The molecule has 1 saturated heterocycles. The molecule has 0 saturated carbocycles. The Hall–Kier alpha value is -2.34. The van der Waals surface area contributed by atoms with Crippen LogP contribution in [0.15, 0.2) is 36.4 Å². The van der Waals surface area contributed by atoms with E-state index in [0.29, 0.717) is 57.1 Å². The molecule has 0 atom stereocenters. The lowest BCUT2D eigenvalue weighted by molar-refractivity contribution is -0.132. The van der Waals surface area contributed by atoms with Crippen LogP contribution in [-0.4, -0.2) is 79.4 Å². The first kappa shape index (κ1) is 20.0. The summed E-state index contributed by atoms with van der Waals surface area (Å²) in [5.41, 5.74) is 1.61. The van der Waals surface area contributed by atoms with Crippen LogP contribution >= 0.6 is 0 Å². The Morgan fingerprint density at radius 1 is 1.23 bits per heavy atom. The van der Waals surface area contributed by atoms with Crippen LogP contribution in [0.3, 0.4) is 0 Å². The topological polar surface area (TPSA) is 53.1 Å². The minimum atomic E-state index is 0.00680. The second kappa shape index (κ2) is 9.38. The predicted octanol–water partition coefficient (Wildman–Crippen LogP) is 1.88. The second-order valence-corrected chi connectivity index (χ2v) is 6.67. The Bertz CT molecular complexity index is 651. The minimum Gasteiger partial charge on any atom is -0.497 e. The normalized spacial score (nSPS) is 14.8. The fourth-order valence-corrected chi connectivity index (χ4v) is 3.04. The van der Waals surface area contributed by atoms with Crippen LogP contribution in [0.5, 0.6) is 5.75 Å². The molecule has 1 fully saturated rings. The Morgan fingerprint density at radius 3 is 2.50 bits per heavy atom. The maximum atomic E-state index is 12.6. The van der Waals surface area contributed by atoms with E-state index in [1.54, 1.807) is 19.2 Å². The molecular formula is C20H29N3O3. The standard InChI is InChI=1S/C20H29N3O3/c1-5-22(14-16(2)3)19(24)15-21-9-11-23(12-10-21)20(25)17-7-6-8-18(13-17)26-4/h6-8,13H,2,5,9-12,14-15H2,1,3-4H3. The van der Waals surface area contributed by atoms with Gasteiger partial charge in [0.2, 0.25) is 5.91 Å². The van der Waals surface area contributed by atoms with Gasteiger partial charge in [-0.15, -0.1) is 0 Å². The fraction of sp³-hybridized carbons (Fsp3) is 0.500. The maximum Gasteiger partial charge on any atom is 0.254 e. The van der Waals surface area contributed by atoms with Crippen LogP contribution in [0.1, 0.15) is 24.2 Å². The quantitative estimate of drug-likeness (QED) is 0.698. The van der Waals surface area contributed by atoms with Gasteiger partial charge in [-0.1, -0.05) is 18.2 Å². The molecule has 6 nitrogen and oxygen atoms in total. The molecule has 1 aromatic rings. The molecule has 2 rings (SSSR count). The largest absolute Gasteiger partial charge is 0.497 e. The molecule has 26 heavy (non-hydrogen) atoms. The summed E-state index contributed by atoms with van der Waals surface area (Å²) in [4.78, 5) is 30.8. The molecular weight excluding hydrogens is 330 g/mol. The number of likely N-dealkylation sites (N-methyl/N-ethyl adjacent to an activating group) is 1. The Balaban J connectivity index is 1.87. The van der Waals surface area contributed by atoms with Gasteiger partial charge in [0.25, 0.3) is 5.91 Å². The second-order valence-electron chi connectivity index (χ2n) is 6.67. The molecule has 2 amide bonds. The van der Waals surface area contributed by atoms with E-state index >= 15 is 0 Å². The lowest BCUT2D eigenvalue weighted by Crippen LogP contribution is -2.51. The number of hydrogen-bond acceptors (Lipinski definition) is 4. The molecule has 0 radical (unpaired) electrons. The number of amides is 2. The van der Waals surface area contributed by atoms with Crippen molar-refractivity contribution in [3.8, 4) is 5.75 Å². The van der Waals surface area contributed by atoms with Crippen LogP contribution in [0, 0.1) is 0 Å². The average molecular weight is 359 g/mol. The molecule has 0 N–H and O–H groups in total. The number of carbonyl (C=O) groups excluding carboxylic acids is 2. The summed E-state index contributed by atoms with van der Waals surface area (Å²) in [5, 5.41) is 0. The van der Waals surface area contributed by atoms with E-state index < -0.39 is 0 Å². The van der Waals surface area contributed by atoms with E-state index in [1.807, 2.05) is 35.8 Å². The Labute approximate surface area is 156 Å². The number of methoxy groups -OCH3 is 1. The lowest BCUT2D eigenvalue weighted by atomic mass is 10.1. The van der Waals surface area contributed by atoms with Crippen molar-refractivity contribution in [1.82, 2.24) is 14.7 Å². The third-order valence-electron chi connectivity index (χ3n) is 4.53. The zero-order valence-corrected chi connectivity index (χ0v) is 16.0. The molecule has 1 aliphatic heterocycles. The first-order chi connectivity index (χ1) is 12.4. The van der Waals surface area contributed by atoms with Gasteiger partial charge in [-0.3, -0.25) is 14.5 Å². The van der Waals surface area contributed by atoms with Crippen molar-refractivity contribution in [3.63, 3.8) is 0 Å². The fourth-order valence-electron chi connectivity index (χ4n) is 3.04. The van der Waals surface area contributed by atoms with Gasteiger partial charge in [0.1, 0.15) is 5.75 Å². The molecule has 6 heteroatoms. The highest BCUT2D eigenvalue weighted by Gasteiger charge is 2.24. The van der Waals surface area contributed by atoms with Crippen LogP contribution in [0.4, 0.5) is 0 Å². The molecule has 1 aliphatic rings. The van der Waals surface area contributed by atoms with Gasteiger partial charge in [0.05, 0.1) is 13.7 Å². The summed E-state index contributed by atoms with van der Waals surface area (Å²) < 4.78 is 5.19. The summed E-state index contributed by atoms with van der Waals surface area (Å²) >= 11 is 0. The highest BCUT2D eigenvalue weighted by atomic mass is 16.5.